The summed E-state index contributed by atoms with van der Waals surface area (Å²) in [5.74, 6) is -0.426. The topological polar surface area (TPSA) is 105 Å². The third-order valence-corrected chi connectivity index (χ3v) is 6.56. The van der Waals surface area contributed by atoms with Gasteiger partial charge in [-0.15, -0.1) is 0 Å². The normalized spacial score (nSPS) is 21.0. The summed E-state index contributed by atoms with van der Waals surface area (Å²) in [6.45, 7) is 0.926. The SMILES string of the molecule is O=C1NC(=O)[C@](Cc2ccccc2)(C2CCN(C(=O)c3cc(-c4ccccc4)no3)CC2)N1. The van der Waals surface area contributed by atoms with Gasteiger partial charge in [-0.3, -0.25) is 14.9 Å². The smallest absolute Gasteiger partial charge is 0.322 e. The molecule has 2 saturated heterocycles. The van der Waals surface area contributed by atoms with Crippen LogP contribution in [0.15, 0.2) is 71.3 Å². The fraction of sp³-hybridized carbons (Fsp3) is 0.280. The number of nitrogens with one attached hydrogen (secondary N) is 2. The standard InChI is InChI=1S/C25H24N4O4/c30-22(21-15-20(28-33-21)18-9-5-2-6-10-18)29-13-11-19(12-14-29)25(23(31)26-24(32)27-25)16-17-7-3-1-4-8-17/h1-10,15,19H,11-14,16H2,(H2,26,27,31,32)/t25-/m0/s1. The molecular weight excluding hydrogens is 420 g/mol. The minimum absolute atomic E-state index is 0.0946. The first-order chi connectivity index (χ1) is 16.0. The first-order valence-electron chi connectivity index (χ1n) is 11.0. The van der Waals surface area contributed by atoms with Crippen molar-refractivity contribution >= 4 is 17.8 Å². The molecule has 4 amide bonds. The maximum Gasteiger partial charge on any atom is 0.322 e. The van der Waals surface area contributed by atoms with Crippen LogP contribution in [0.2, 0.25) is 0 Å². The highest BCUT2D eigenvalue weighted by molar-refractivity contribution is 6.07. The molecule has 8 nitrogen and oxygen atoms in total. The van der Waals surface area contributed by atoms with Gasteiger partial charge in [0.15, 0.2) is 0 Å². The van der Waals surface area contributed by atoms with Gasteiger partial charge in [-0.2, -0.15) is 0 Å². The van der Waals surface area contributed by atoms with Crippen LogP contribution in [0.3, 0.4) is 0 Å². The van der Waals surface area contributed by atoms with Gasteiger partial charge in [0.05, 0.1) is 0 Å². The van der Waals surface area contributed by atoms with Crippen molar-refractivity contribution in [3.8, 4) is 11.3 Å². The molecule has 168 valence electrons. The van der Waals surface area contributed by atoms with Crippen LogP contribution in [-0.4, -0.2) is 46.5 Å². The Hall–Kier alpha value is -3.94. The zero-order valence-electron chi connectivity index (χ0n) is 18.0. The van der Waals surface area contributed by atoms with Crippen LogP contribution in [-0.2, 0) is 11.2 Å². The highest BCUT2D eigenvalue weighted by Crippen LogP contribution is 2.34. The number of piperidine rings is 1. The highest BCUT2D eigenvalue weighted by Gasteiger charge is 2.52. The van der Waals surface area contributed by atoms with Crippen LogP contribution < -0.4 is 10.6 Å². The van der Waals surface area contributed by atoms with Crippen molar-refractivity contribution in [3.05, 3.63) is 78.1 Å². The predicted octanol–water partition coefficient (Wildman–Crippen LogP) is 3.01. The molecule has 1 atom stereocenters. The van der Waals surface area contributed by atoms with E-state index in [-0.39, 0.29) is 23.5 Å². The second-order valence-corrected chi connectivity index (χ2v) is 8.55. The van der Waals surface area contributed by atoms with Gasteiger partial charge >= 0.3 is 6.03 Å². The fourth-order valence-corrected chi connectivity index (χ4v) is 4.83. The zero-order valence-corrected chi connectivity index (χ0v) is 18.0. The molecule has 0 aliphatic carbocycles. The van der Waals surface area contributed by atoms with E-state index in [9.17, 15) is 14.4 Å². The van der Waals surface area contributed by atoms with E-state index in [1.54, 1.807) is 11.0 Å². The number of aromatic nitrogens is 1. The van der Waals surface area contributed by atoms with Crippen molar-refractivity contribution in [2.75, 3.05) is 13.1 Å². The van der Waals surface area contributed by atoms with E-state index in [0.29, 0.717) is 38.0 Å². The minimum Gasteiger partial charge on any atom is -0.350 e. The molecule has 0 unspecified atom stereocenters. The summed E-state index contributed by atoms with van der Waals surface area (Å²) in [5, 5.41) is 9.35. The first-order valence-corrected chi connectivity index (χ1v) is 11.0. The van der Waals surface area contributed by atoms with E-state index in [1.807, 2.05) is 60.7 Å². The van der Waals surface area contributed by atoms with Gasteiger partial charge in [-0.25, -0.2) is 4.79 Å². The Labute approximate surface area is 190 Å². The molecule has 3 heterocycles. The zero-order chi connectivity index (χ0) is 22.8. The van der Waals surface area contributed by atoms with Crippen molar-refractivity contribution in [2.24, 2.45) is 5.92 Å². The van der Waals surface area contributed by atoms with Crippen LogP contribution in [0.5, 0.6) is 0 Å². The van der Waals surface area contributed by atoms with Crippen LogP contribution in [0.1, 0.15) is 29.0 Å². The number of rotatable bonds is 5. The summed E-state index contributed by atoms with van der Waals surface area (Å²) in [5.41, 5.74) is 1.45. The number of carbonyl (C=O) groups excluding carboxylic acids is 3. The third-order valence-electron chi connectivity index (χ3n) is 6.56. The van der Waals surface area contributed by atoms with Crippen LogP contribution in [0, 0.1) is 5.92 Å². The van der Waals surface area contributed by atoms with Gasteiger partial charge in [0.25, 0.3) is 11.8 Å². The van der Waals surface area contributed by atoms with Crippen molar-refractivity contribution in [1.29, 1.82) is 0 Å². The largest absolute Gasteiger partial charge is 0.350 e. The molecular formula is C25H24N4O4. The van der Waals surface area contributed by atoms with E-state index in [1.165, 1.54) is 0 Å². The first kappa shape index (κ1) is 20.9. The second-order valence-electron chi connectivity index (χ2n) is 8.55. The lowest BCUT2D eigenvalue weighted by molar-refractivity contribution is -0.126. The molecule has 5 rings (SSSR count). The Balaban J connectivity index is 1.29. The average molecular weight is 444 g/mol. The van der Waals surface area contributed by atoms with Crippen molar-refractivity contribution in [3.63, 3.8) is 0 Å². The van der Waals surface area contributed by atoms with Crippen molar-refractivity contribution < 1.29 is 18.9 Å². The number of carbonyl (C=O) groups is 3. The van der Waals surface area contributed by atoms with Gasteiger partial charge in [-0.05, 0) is 24.3 Å². The lowest BCUT2D eigenvalue weighted by Crippen LogP contribution is -2.57. The quantitative estimate of drug-likeness (QED) is 0.589. The van der Waals surface area contributed by atoms with Gasteiger partial charge in [0.2, 0.25) is 5.76 Å². The lowest BCUT2D eigenvalue weighted by Gasteiger charge is -2.40. The van der Waals surface area contributed by atoms with Gasteiger partial charge in [-0.1, -0.05) is 65.8 Å². The molecule has 2 aliphatic heterocycles. The Morgan fingerprint density at radius 1 is 1.03 bits per heavy atom. The molecule has 3 aromatic rings. The lowest BCUT2D eigenvalue weighted by atomic mass is 9.74. The number of nitrogens with zero attached hydrogens (tertiary/aromatic N) is 2. The molecule has 1 aromatic heterocycles. The summed E-state index contributed by atoms with van der Waals surface area (Å²) >= 11 is 0. The third kappa shape index (κ3) is 4.00. The number of amides is 4. The molecule has 33 heavy (non-hydrogen) atoms. The number of hydrogen-bond acceptors (Lipinski definition) is 5. The van der Waals surface area contributed by atoms with Gasteiger partial charge in [0, 0.05) is 31.1 Å². The maximum absolute atomic E-state index is 13.0. The van der Waals surface area contributed by atoms with E-state index < -0.39 is 11.6 Å². The summed E-state index contributed by atoms with van der Waals surface area (Å²) in [4.78, 5) is 39.7. The molecule has 0 radical (unpaired) electrons. The number of hydrogen-bond donors (Lipinski definition) is 2. The number of imide groups is 1. The summed E-state index contributed by atoms with van der Waals surface area (Å²) in [7, 11) is 0. The van der Waals surface area contributed by atoms with Crippen molar-refractivity contribution in [1.82, 2.24) is 20.7 Å². The summed E-state index contributed by atoms with van der Waals surface area (Å²) < 4.78 is 5.33. The molecule has 2 fully saturated rings. The predicted molar refractivity (Wildman–Crippen MR) is 120 cm³/mol. The van der Waals surface area contributed by atoms with E-state index >= 15 is 0 Å². The highest BCUT2D eigenvalue weighted by atomic mass is 16.5. The minimum atomic E-state index is -1.01. The van der Waals surface area contributed by atoms with Gasteiger partial charge in [0.1, 0.15) is 11.2 Å². The molecule has 2 aromatic carbocycles. The average Bonchev–Trinajstić information content (AvgIpc) is 3.45. The van der Waals surface area contributed by atoms with E-state index in [0.717, 1.165) is 11.1 Å². The summed E-state index contributed by atoms with van der Waals surface area (Å²) in [6, 6.07) is 20.4. The fourth-order valence-electron chi connectivity index (χ4n) is 4.83. The molecule has 0 spiro atoms. The maximum atomic E-state index is 13.0. The van der Waals surface area contributed by atoms with Crippen LogP contribution >= 0.6 is 0 Å². The molecule has 8 heteroatoms. The molecule has 2 aliphatic rings. The second kappa shape index (κ2) is 8.54. The van der Waals surface area contributed by atoms with Gasteiger partial charge < -0.3 is 14.7 Å². The Morgan fingerprint density at radius 3 is 2.33 bits per heavy atom. The monoisotopic (exact) mass is 444 g/mol. The Morgan fingerprint density at radius 2 is 1.70 bits per heavy atom. The van der Waals surface area contributed by atoms with E-state index in [4.69, 9.17) is 4.52 Å². The molecule has 0 bridgehead atoms. The van der Waals surface area contributed by atoms with E-state index in [2.05, 4.69) is 15.8 Å². The van der Waals surface area contributed by atoms with Crippen molar-refractivity contribution in [2.45, 2.75) is 24.8 Å². The number of urea groups is 1. The molecule has 2 N–H and O–H groups in total. The Kier molecular flexibility index (Phi) is 5.42. The Bertz CT molecular complexity index is 1170. The molecule has 0 saturated carbocycles. The summed E-state index contributed by atoms with van der Waals surface area (Å²) in [6.07, 6.45) is 1.59. The number of likely N-dealkylation sites (tertiary alicyclic amines) is 1. The van der Waals surface area contributed by atoms with Crippen LogP contribution in [0.4, 0.5) is 4.79 Å². The number of benzene rings is 2. The van der Waals surface area contributed by atoms with Crippen LogP contribution in [0.25, 0.3) is 11.3 Å².